The van der Waals surface area contributed by atoms with Crippen molar-refractivity contribution in [3.8, 4) is 0 Å². The zero-order valence-electron chi connectivity index (χ0n) is 13.8. The third-order valence-corrected chi connectivity index (χ3v) is 6.90. The lowest BCUT2D eigenvalue weighted by atomic mass is 9.84. The molecule has 0 aromatic rings. The molecule has 5 heteroatoms. The molecule has 3 unspecified atom stereocenters. The van der Waals surface area contributed by atoms with Crippen molar-refractivity contribution in [1.29, 1.82) is 0 Å². The Balaban J connectivity index is 1.73. The lowest BCUT2D eigenvalue weighted by Gasteiger charge is -2.53. The molecule has 0 N–H and O–H groups in total. The molecule has 2 saturated heterocycles. The van der Waals surface area contributed by atoms with Gasteiger partial charge in [-0.2, -0.15) is 11.8 Å². The van der Waals surface area contributed by atoms with Crippen LogP contribution in [-0.2, 0) is 9.59 Å². The Kier molecular flexibility index (Phi) is 5.00. The van der Waals surface area contributed by atoms with Crippen LogP contribution in [0.4, 0.5) is 0 Å². The van der Waals surface area contributed by atoms with Crippen molar-refractivity contribution < 1.29 is 9.59 Å². The molecule has 1 saturated carbocycles. The fourth-order valence-electron chi connectivity index (χ4n) is 4.56. The number of carbonyl (C=O) groups is 2. The predicted molar refractivity (Wildman–Crippen MR) is 89.8 cm³/mol. The van der Waals surface area contributed by atoms with Gasteiger partial charge in [-0.1, -0.05) is 12.8 Å². The Morgan fingerprint density at radius 1 is 1.09 bits per heavy atom. The standard InChI is InChI=1S/C17H28N2O2S/c1-12-11-18(17(21)10-14-6-5-9-22-14)15-7-3-4-8-16(15)19(12)13(2)20/h12,14-16H,3-11H2,1-2H3/t12-,14?,15?,16?/m0/s1. The number of hydrogen-bond acceptors (Lipinski definition) is 3. The summed E-state index contributed by atoms with van der Waals surface area (Å²) in [6, 6.07) is 0.653. The second kappa shape index (κ2) is 6.81. The highest BCUT2D eigenvalue weighted by atomic mass is 32.2. The first-order chi connectivity index (χ1) is 10.6. The number of fused-ring (bicyclic) bond motifs is 1. The number of thioether (sulfide) groups is 1. The third kappa shape index (κ3) is 3.15. The first-order valence-corrected chi connectivity index (χ1v) is 9.82. The van der Waals surface area contributed by atoms with Crippen LogP contribution in [0.3, 0.4) is 0 Å². The summed E-state index contributed by atoms with van der Waals surface area (Å²) in [5, 5.41) is 0.524. The van der Waals surface area contributed by atoms with Crippen LogP contribution in [0.25, 0.3) is 0 Å². The molecule has 2 heterocycles. The van der Waals surface area contributed by atoms with Crippen molar-refractivity contribution in [1.82, 2.24) is 9.80 Å². The van der Waals surface area contributed by atoms with Crippen LogP contribution in [0.15, 0.2) is 0 Å². The topological polar surface area (TPSA) is 40.6 Å². The first-order valence-electron chi connectivity index (χ1n) is 8.78. The monoisotopic (exact) mass is 324 g/mol. The van der Waals surface area contributed by atoms with E-state index in [9.17, 15) is 9.59 Å². The van der Waals surface area contributed by atoms with E-state index in [1.807, 2.05) is 11.8 Å². The van der Waals surface area contributed by atoms with Gasteiger partial charge in [0.1, 0.15) is 0 Å². The maximum Gasteiger partial charge on any atom is 0.224 e. The highest BCUT2D eigenvalue weighted by Gasteiger charge is 2.44. The molecule has 3 fully saturated rings. The van der Waals surface area contributed by atoms with Gasteiger partial charge in [0.25, 0.3) is 0 Å². The van der Waals surface area contributed by atoms with E-state index in [0.29, 0.717) is 17.6 Å². The van der Waals surface area contributed by atoms with E-state index in [1.54, 1.807) is 6.92 Å². The molecule has 3 aliphatic rings. The predicted octanol–water partition coefficient (Wildman–Crippen LogP) is 2.66. The van der Waals surface area contributed by atoms with E-state index in [1.165, 1.54) is 31.4 Å². The Morgan fingerprint density at radius 3 is 2.45 bits per heavy atom. The van der Waals surface area contributed by atoms with Gasteiger partial charge in [0, 0.05) is 31.2 Å². The molecular formula is C17H28N2O2S. The van der Waals surface area contributed by atoms with Gasteiger partial charge in [0.15, 0.2) is 0 Å². The minimum atomic E-state index is 0.150. The summed E-state index contributed by atoms with van der Waals surface area (Å²) in [6.07, 6.45) is 7.61. The van der Waals surface area contributed by atoms with Crippen molar-refractivity contribution in [2.24, 2.45) is 0 Å². The molecule has 0 radical (unpaired) electrons. The average Bonchev–Trinajstić information content (AvgIpc) is 2.98. The highest BCUT2D eigenvalue weighted by molar-refractivity contribution is 8.00. The minimum absolute atomic E-state index is 0.150. The largest absolute Gasteiger partial charge is 0.336 e. The molecule has 4 atom stereocenters. The highest BCUT2D eigenvalue weighted by Crippen LogP contribution is 2.35. The smallest absolute Gasteiger partial charge is 0.224 e. The van der Waals surface area contributed by atoms with Crippen LogP contribution in [0.2, 0.25) is 0 Å². The molecule has 124 valence electrons. The number of rotatable bonds is 2. The fraction of sp³-hybridized carbons (Fsp3) is 0.882. The number of hydrogen-bond donors (Lipinski definition) is 0. The average molecular weight is 324 g/mol. The van der Waals surface area contributed by atoms with Crippen LogP contribution in [0.5, 0.6) is 0 Å². The minimum Gasteiger partial charge on any atom is -0.336 e. The first kappa shape index (κ1) is 16.2. The molecule has 2 amide bonds. The molecule has 1 aliphatic carbocycles. The Hall–Kier alpha value is -0.710. The summed E-state index contributed by atoms with van der Waals surface area (Å²) in [4.78, 5) is 29.1. The zero-order chi connectivity index (χ0) is 15.7. The number of nitrogens with zero attached hydrogens (tertiary/aromatic N) is 2. The number of piperazine rings is 1. The zero-order valence-corrected chi connectivity index (χ0v) is 14.6. The summed E-state index contributed by atoms with van der Waals surface area (Å²) >= 11 is 1.96. The molecule has 3 rings (SSSR count). The maximum atomic E-state index is 12.8. The SMILES string of the molecule is CC(=O)N1C2CCCCC2N(C(=O)CC2CCCS2)C[C@@H]1C. The Labute approximate surface area is 138 Å². The van der Waals surface area contributed by atoms with E-state index in [-0.39, 0.29) is 24.0 Å². The summed E-state index contributed by atoms with van der Waals surface area (Å²) < 4.78 is 0. The van der Waals surface area contributed by atoms with Crippen molar-refractivity contribution in [2.75, 3.05) is 12.3 Å². The van der Waals surface area contributed by atoms with Gasteiger partial charge in [-0.05, 0) is 38.4 Å². The van der Waals surface area contributed by atoms with Gasteiger partial charge in [-0.25, -0.2) is 0 Å². The molecule has 0 bridgehead atoms. The van der Waals surface area contributed by atoms with E-state index < -0.39 is 0 Å². The van der Waals surface area contributed by atoms with Gasteiger partial charge in [-0.3, -0.25) is 9.59 Å². The molecule has 22 heavy (non-hydrogen) atoms. The van der Waals surface area contributed by atoms with Crippen LogP contribution >= 0.6 is 11.8 Å². The fourth-order valence-corrected chi connectivity index (χ4v) is 5.82. The van der Waals surface area contributed by atoms with E-state index >= 15 is 0 Å². The summed E-state index contributed by atoms with van der Waals surface area (Å²) in [7, 11) is 0. The molecular weight excluding hydrogens is 296 g/mol. The molecule has 0 spiro atoms. The maximum absolute atomic E-state index is 12.8. The second-order valence-corrected chi connectivity index (χ2v) is 8.49. The molecule has 0 aromatic carbocycles. The lowest BCUT2D eigenvalue weighted by molar-refractivity contribution is -0.152. The van der Waals surface area contributed by atoms with Gasteiger partial charge < -0.3 is 9.80 Å². The van der Waals surface area contributed by atoms with Crippen LogP contribution < -0.4 is 0 Å². The van der Waals surface area contributed by atoms with Crippen molar-refractivity contribution in [2.45, 2.75) is 82.2 Å². The van der Waals surface area contributed by atoms with Crippen LogP contribution in [-0.4, -0.2) is 57.3 Å². The lowest BCUT2D eigenvalue weighted by Crippen LogP contribution is -2.66. The van der Waals surface area contributed by atoms with E-state index in [2.05, 4.69) is 16.7 Å². The van der Waals surface area contributed by atoms with Crippen molar-refractivity contribution >= 4 is 23.6 Å². The quantitative estimate of drug-likeness (QED) is 0.784. The summed E-state index contributed by atoms with van der Waals surface area (Å²) in [6.45, 7) is 4.49. The van der Waals surface area contributed by atoms with E-state index in [0.717, 1.165) is 19.4 Å². The van der Waals surface area contributed by atoms with Crippen LogP contribution in [0, 0.1) is 0 Å². The van der Waals surface area contributed by atoms with Gasteiger partial charge in [-0.15, -0.1) is 0 Å². The Bertz CT molecular complexity index is 436. The number of amides is 2. The Morgan fingerprint density at radius 2 is 1.82 bits per heavy atom. The van der Waals surface area contributed by atoms with E-state index in [4.69, 9.17) is 0 Å². The molecule has 4 nitrogen and oxygen atoms in total. The third-order valence-electron chi connectivity index (χ3n) is 5.50. The van der Waals surface area contributed by atoms with Gasteiger partial charge in [0.05, 0.1) is 12.1 Å². The second-order valence-electron chi connectivity index (χ2n) is 7.08. The molecule has 0 aromatic heterocycles. The van der Waals surface area contributed by atoms with Crippen LogP contribution in [0.1, 0.15) is 58.8 Å². The normalized spacial score (nSPS) is 35.4. The van der Waals surface area contributed by atoms with Crippen molar-refractivity contribution in [3.05, 3.63) is 0 Å². The summed E-state index contributed by atoms with van der Waals surface area (Å²) in [5.74, 6) is 1.70. The summed E-state index contributed by atoms with van der Waals surface area (Å²) in [5.41, 5.74) is 0. The number of carbonyl (C=O) groups excluding carboxylic acids is 2. The van der Waals surface area contributed by atoms with Gasteiger partial charge >= 0.3 is 0 Å². The molecule has 2 aliphatic heterocycles. The van der Waals surface area contributed by atoms with Gasteiger partial charge in [0.2, 0.25) is 11.8 Å². The van der Waals surface area contributed by atoms with Crippen molar-refractivity contribution in [3.63, 3.8) is 0 Å².